The molecule has 0 aliphatic heterocycles. The molecule has 0 spiro atoms. The van der Waals surface area contributed by atoms with Crippen molar-refractivity contribution < 1.29 is 15.0 Å². The van der Waals surface area contributed by atoms with E-state index in [1.165, 1.54) is 0 Å². The van der Waals surface area contributed by atoms with Gasteiger partial charge in [-0.1, -0.05) is 35.2 Å². The van der Waals surface area contributed by atoms with Gasteiger partial charge in [-0.3, -0.25) is 4.79 Å². The molecule has 1 aromatic rings. The van der Waals surface area contributed by atoms with Gasteiger partial charge in [-0.25, -0.2) is 0 Å². The van der Waals surface area contributed by atoms with Gasteiger partial charge in [0.1, 0.15) is 5.75 Å². The summed E-state index contributed by atoms with van der Waals surface area (Å²) >= 11 is 3.40. The molecule has 0 unspecified atom stereocenters. The highest BCUT2D eigenvalue weighted by Crippen LogP contribution is 2.43. The SMILES string of the molecule is O=C(O)C1(c2cc(O)ccc2Br)CCCCC1. The van der Waals surface area contributed by atoms with Gasteiger partial charge in [-0.15, -0.1) is 0 Å². The van der Waals surface area contributed by atoms with Gasteiger partial charge < -0.3 is 10.2 Å². The van der Waals surface area contributed by atoms with E-state index in [4.69, 9.17) is 0 Å². The van der Waals surface area contributed by atoms with Crippen LogP contribution in [0.15, 0.2) is 22.7 Å². The summed E-state index contributed by atoms with van der Waals surface area (Å²) in [7, 11) is 0. The maximum absolute atomic E-state index is 11.6. The van der Waals surface area contributed by atoms with Crippen molar-refractivity contribution in [1.82, 2.24) is 0 Å². The second-order valence-electron chi connectivity index (χ2n) is 4.61. The maximum atomic E-state index is 11.6. The highest BCUT2D eigenvalue weighted by Gasteiger charge is 2.42. The largest absolute Gasteiger partial charge is 0.508 e. The number of hydrogen-bond acceptors (Lipinski definition) is 2. The van der Waals surface area contributed by atoms with Crippen LogP contribution in [0.2, 0.25) is 0 Å². The molecule has 0 aromatic heterocycles. The van der Waals surface area contributed by atoms with Crippen LogP contribution in [0.5, 0.6) is 5.75 Å². The molecule has 1 saturated carbocycles. The average molecular weight is 299 g/mol. The monoisotopic (exact) mass is 298 g/mol. The highest BCUT2D eigenvalue weighted by molar-refractivity contribution is 9.10. The fraction of sp³-hybridized carbons (Fsp3) is 0.462. The summed E-state index contributed by atoms with van der Waals surface area (Å²) in [5.74, 6) is -0.669. The Morgan fingerprint density at radius 2 is 1.88 bits per heavy atom. The first kappa shape index (κ1) is 12.4. The van der Waals surface area contributed by atoms with Crippen molar-refractivity contribution in [2.75, 3.05) is 0 Å². The van der Waals surface area contributed by atoms with Gasteiger partial charge in [0.2, 0.25) is 0 Å². The van der Waals surface area contributed by atoms with E-state index in [0.29, 0.717) is 18.4 Å². The number of carbonyl (C=O) groups is 1. The standard InChI is InChI=1S/C13H15BrO3/c14-11-5-4-9(15)8-10(11)13(12(16)17)6-2-1-3-7-13/h4-5,8,15H,1-3,6-7H2,(H,16,17). The zero-order valence-corrected chi connectivity index (χ0v) is 11.0. The summed E-state index contributed by atoms with van der Waals surface area (Å²) in [4.78, 5) is 11.6. The molecule has 1 fully saturated rings. The second kappa shape index (κ2) is 4.69. The molecule has 0 amide bonds. The predicted octanol–water partition coefficient (Wildman–Crippen LogP) is 3.44. The molecule has 0 radical (unpaired) electrons. The number of rotatable bonds is 2. The van der Waals surface area contributed by atoms with Gasteiger partial charge >= 0.3 is 5.97 Å². The number of aromatic hydroxyl groups is 1. The van der Waals surface area contributed by atoms with E-state index in [0.717, 1.165) is 23.7 Å². The molecular weight excluding hydrogens is 284 g/mol. The van der Waals surface area contributed by atoms with E-state index < -0.39 is 11.4 Å². The fourth-order valence-corrected chi connectivity index (χ4v) is 3.26. The van der Waals surface area contributed by atoms with Crippen molar-refractivity contribution >= 4 is 21.9 Å². The first-order valence-corrected chi connectivity index (χ1v) is 6.58. The van der Waals surface area contributed by atoms with Gasteiger partial charge in [0.15, 0.2) is 0 Å². The van der Waals surface area contributed by atoms with Crippen molar-refractivity contribution in [3.05, 3.63) is 28.2 Å². The third-order valence-electron chi connectivity index (χ3n) is 3.58. The Morgan fingerprint density at radius 1 is 1.24 bits per heavy atom. The summed E-state index contributed by atoms with van der Waals surface area (Å²) < 4.78 is 0.764. The highest BCUT2D eigenvalue weighted by atomic mass is 79.9. The van der Waals surface area contributed by atoms with Gasteiger partial charge in [0, 0.05) is 4.47 Å². The molecule has 0 heterocycles. The summed E-state index contributed by atoms with van der Waals surface area (Å²) in [5, 5.41) is 19.1. The average Bonchev–Trinajstić information content (AvgIpc) is 2.33. The minimum absolute atomic E-state index is 0.120. The van der Waals surface area contributed by atoms with Gasteiger partial charge in [-0.05, 0) is 36.6 Å². The minimum Gasteiger partial charge on any atom is -0.508 e. The molecule has 4 heteroatoms. The van der Waals surface area contributed by atoms with Crippen LogP contribution in [0.4, 0.5) is 0 Å². The maximum Gasteiger partial charge on any atom is 0.314 e. The van der Waals surface area contributed by atoms with Crippen molar-refractivity contribution in [3.63, 3.8) is 0 Å². The summed E-state index contributed by atoms with van der Waals surface area (Å²) in [6.45, 7) is 0. The first-order chi connectivity index (χ1) is 8.06. The van der Waals surface area contributed by atoms with Crippen LogP contribution in [-0.4, -0.2) is 16.2 Å². The Hall–Kier alpha value is -1.03. The molecule has 2 N–H and O–H groups in total. The molecule has 1 aromatic carbocycles. The van der Waals surface area contributed by atoms with Gasteiger partial charge in [0.05, 0.1) is 5.41 Å². The lowest BCUT2D eigenvalue weighted by Gasteiger charge is -2.34. The number of carboxylic acid groups (broad SMARTS) is 1. The molecule has 3 nitrogen and oxygen atoms in total. The van der Waals surface area contributed by atoms with E-state index in [9.17, 15) is 15.0 Å². The molecule has 1 aliphatic rings. The van der Waals surface area contributed by atoms with Crippen LogP contribution in [0.1, 0.15) is 37.7 Å². The topological polar surface area (TPSA) is 57.5 Å². The Bertz CT molecular complexity index is 436. The van der Waals surface area contributed by atoms with Crippen molar-refractivity contribution in [1.29, 1.82) is 0 Å². The Balaban J connectivity index is 2.52. The predicted molar refractivity (Wildman–Crippen MR) is 68.2 cm³/mol. The third kappa shape index (κ3) is 2.18. The van der Waals surface area contributed by atoms with Crippen molar-refractivity contribution in [2.45, 2.75) is 37.5 Å². The minimum atomic E-state index is -0.837. The number of hydrogen-bond donors (Lipinski definition) is 2. The third-order valence-corrected chi connectivity index (χ3v) is 4.27. The lowest BCUT2D eigenvalue weighted by atomic mass is 9.69. The van der Waals surface area contributed by atoms with Crippen molar-refractivity contribution in [2.24, 2.45) is 0 Å². The molecule has 17 heavy (non-hydrogen) atoms. The number of carboxylic acids is 1. The van der Waals surface area contributed by atoms with E-state index in [1.54, 1.807) is 18.2 Å². The van der Waals surface area contributed by atoms with E-state index >= 15 is 0 Å². The van der Waals surface area contributed by atoms with E-state index in [2.05, 4.69) is 15.9 Å². The lowest BCUT2D eigenvalue weighted by Crippen LogP contribution is -2.38. The summed E-state index contributed by atoms with van der Waals surface area (Å²) in [6, 6.07) is 4.85. The zero-order chi connectivity index (χ0) is 12.5. The molecular formula is C13H15BrO3. The van der Waals surface area contributed by atoms with Crippen LogP contribution < -0.4 is 0 Å². The quantitative estimate of drug-likeness (QED) is 0.879. The van der Waals surface area contributed by atoms with Crippen LogP contribution in [0.3, 0.4) is 0 Å². The Kier molecular flexibility index (Phi) is 3.43. The normalized spacial score (nSPS) is 18.9. The molecule has 0 atom stereocenters. The second-order valence-corrected chi connectivity index (χ2v) is 5.47. The molecule has 92 valence electrons. The van der Waals surface area contributed by atoms with E-state index in [1.807, 2.05) is 0 Å². The number of phenols is 1. The first-order valence-electron chi connectivity index (χ1n) is 5.79. The van der Waals surface area contributed by atoms with Crippen LogP contribution >= 0.6 is 15.9 Å². The zero-order valence-electron chi connectivity index (χ0n) is 9.45. The summed E-state index contributed by atoms with van der Waals surface area (Å²) in [6.07, 6.45) is 4.23. The summed E-state index contributed by atoms with van der Waals surface area (Å²) in [5.41, 5.74) is -0.139. The van der Waals surface area contributed by atoms with Crippen LogP contribution in [-0.2, 0) is 10.2 Å². The van der Waals surface area contributed by atoms with E-state index in [-0.39, 0.29) is 5.75 Å². The van der Waals surface area contributed by atoms with Gasteiger partial charge in [-0.2, -0.15) is 0 Å². The van der Waals surface area contributed by atoms with Crippen LogP contribution in [0.25, 0.3) is 0 Å². The van der Waals surface area contributed by atoms with Crippen LogP contribution in [0, 0.1) is 0 Å². The smallest absolute Gasteiger partial charge is 0.314 e. The number of phenolic OH excluding ortho intramolecular Hbond substituents is 1. The number of halogens is 1. The Labute approximate surface area is 109 Å². The van der Waals surface area contributed by atoms with Gasteiger partial charge in [0.25, 0.3) is 0 Å². The van der Waals surface area contributed by atoms with Crippen molar-refractivity contribution in [3.8, 4) is 5.75 Å². The molecule has 2 rings (SSSR count). The molecule has 0 bridgehead atoms. The lowest BCUT2D eigenvalue weighted by molar-refractivity contribution is -0.145. The number of benzene rings is 1. The fourth-order valence-electron chi connectivity index (χ4n) is 2.63. The Morgan fingerprint density at radius 3 is 2.47 bits per heavy atom. The number of aliphatic carboxylic acids is 1. The molecule has 0 saturated heterocycles. The molecule has 1 aliphatic carbocycles.